The zero-order valence-corrected chi connectivity index (χ0v) is 18.1. The van der Waals surface area contributed by atoms with Crippen LogP contribution >= 0.6 is 11.6 Å². The van der Waals surface area contributed by atoms with Gasteiger partial charge in [-0.2, -0.15) is 10.2 Å². The van der Waals surface area contributed by atoms with Crippen LogP contribution in [0.5, 0.6) is 5.75 Å². The average Bonchev–Trinajstić information content (AvgIpc) is 3.01. The lowest BCUT2D eigenvalue weighted by molar-refractivity contribution is -0.123. The number of nitrogens with zero attached hydrogens (tertiary/aromatic N) is 3. The number of carbonyl (C=O) groups is 1. The maximum atomic E-state index is 12.0. The molecule has 1 aromatic heterocycles. The van der Waals surface area contributed by atoms with Crippen LogP contribution in [0.3, 0.4) is 0 Å². The van der Waals surface area contributed by atoms with Crippen molar-refractivity contribution >= 4 is 23.7 Å². The van der Waals surface area contributed by atoms with Crippen LogP contribution in [-0.2, 0) is 17.8 Å². The van der Waals surface area contributed by atoms with Gasteiger partial charge in [0.1, 0.15) is 5.75 Å². The molecular formula is C23H25ClN4O2. The summed E-state index contributed by atoms with van der Waals surface area (Å²) in [5, 5.41) is 9.33. The summed E-state index contributed by atoms with van der Waals surface area (Å²) in [5.74, 6) is 0.323. The van der Waals surface area contributed by atoms with Gasteiger partial charge in [0.15, 0.2) is 6.61 Å². The summed E-state index contributed by atoms with van der Waals surface area (Å²) in [7, 11) is 0. The molecule has 7 heteroatoms. The van der Waals surface area contributed by atoms with Gasteiger partial charge in [0.2, 0.25) is 0 Å². The number of nitrogens with one attached hydrogen (secondary N) is 1. The van der Waals surface area contributed by atoms with Gasteiger partial charge >= 0.3 is 0 Å². The van der Waals surface area contributed by atoms with E-state index in [0.29, 0.717) is 17.3 Å². The maximum absolute atomic E-state index is 12.0. The van der Waals surface area contributed by atoms with Gasteiger partial charge < -0.3 is 4.74 Å². The Morgan fingerprint density at radius 1 is 1.20 bits per heavy atom. The number of hydrazone groups is 1. The number of hydrogen-bond acceptors (Lipinski definition) is 4. The Morgan fingerprint density at radius 2 is 1.93 bits per heavy atom. The summed E-state index contributed by atoms with van der Waals surface area (Å²) in [6, 6.07) is 15.4. The molecule has 0 unspecified atom stereocenters. The molecule has 30 heavy (non-hydrogen) atoms. The molecule has 1 N–H and O–H groups in total. The van der Waals surface area contributed by atoms with E-state index in [9.17, 15) is 4.79 Å². The number of amides is 1. The van der Waals surface area contributed by atoms with Crippen LogP contribution in [0.15, 0.2) is 53.6 Å². The molecule has 0 aliphatic carbocycles. The molecule has 3 rings (SSSR count). The summed E-state index contributed by atoms with van der Waals surface area (Å²) < 4.78 is 7.36. The van der Waals surface area contributed by atoms with Crippen LogP contribution in [-0.4, -0.2) is 28.5 Å². The highest BCUT2D eigenvalue weighted by Crippen LogP contribution is 2.18. The largest absolute Gasteiger partial charge is 0.484 e. The number of carbonyl (C=O) groups excluding carboxylic acids is 1. The highest BCUT2D eigenvalue weighted by atomic mass is 35.5. The van der Waals surface area contributed by atoms with Crippen molar-refractivity contribution in [3.63, 3.8) is 0 Å². The van der Waals surface area contributed by atoms with Crippen molar-refractivity contribution in [1.29, 1.82) is 0 Å². The Kier molecular flexibility index (Phi) is 7.25. The van der Waals surface area contributed by atoms with Crippen molar-refractivity contribution in [3.05, 3.63) is 81.6 Å². The van der Waals surface area contributed by atoms with Crippen LogP contribution in [0.4, 0.5) is 0 Å². The number of halogens is 1. The lowest BCUT2D eigenvalue weighted by Crippen LogP contribution is -2.24. The van der Waals surface area contributed by atoms with E-state index in [0.717, 1.165) is 28.9 Å². The second-order valence-corrected chi connectivity index (χ2v) is 7.32. The van der Waals surface area contributed by atoms with Crippen LogP contribution in [0.2, 0.25) is 5.02 Å². The molecule has 6 nitrogen and oxygen atoms in total. The normalized spacial score (nSPS) is 11.1. The minimum absolute atomic E-state index is 0.105. The van der Waals surface area contributed by atoms with E-state index < -0.39 is 0 Å². The predicted molar refractivity (Wildman–Crippen MR) is 119 cm³/mol. The molecule has 0 fully saturated rings. The summed E-state index contributed by atoms with van der Waals surface area (Å²) in [5.41, 5.74) is 7.33. The van der Waals surface area contributed by atoms with Gasteiger partial charge in [0, 0.05) is 16.3 Å². The highest BCUT2D eigenvalue weighted by molar-refractivity contribution is 6.31. The molecule has 0 saturated carbocycles. The smallest absolute Gasteiger partial charge is 0.277 e. The van der Waals surface area contributed by atoms with Crippen molar-refractivity contribution in [2.24, 2.45) is 5.10 Å². The number of rotatable bonds is 8. The monoisotopic (exact) mass is 424 g/mol. The van der Waals surface area contributed by atoms with Crippen molar-refractivity contribution < 1.29 is 9.53 Å². The van der Waals surface area contributed by atoms with Gasteiger partial charge in [-0.05, 0) is 49.6 Å². The van der Waals surface area contributed by atoms with Gasteiger partial charge in [-0.1, -0.05) is 48.9 Å². The molecule has 0 saturated heterocycles. The van der Waals surface area contributed by atoms with E-state index in [4.69, 9.17) is 16.3 Å². The molecule has 0 radical (unpaired) electrons. The zero-order valence-electron chi connectivity index (χ0n) is 17.4. The van der Waals surface area contributed by atoms with Crippen molar-refractivity contribution in [1.82, 2.24) is 15.2 Å². The molecule has 1 heterocycles. The second-order valence-electron chi connectivity index (χ2n) is 6.91. The average molecular weight is 425 g/mol. The Bertz CT molecular complexity index is 1040. The Hall–Kier alpha value is -3.12. The van der Waals surface area contributed by atoms with E-state index in [1.807, 2.05) is 67.1 Å². The van der Waals surface area contributed by atoms with E-state index in [1.54, 1.807) is 6.21 Å². The predicted octanol–water partition coefficient (Wildman–Crippen LogP) is 4.29. The van der Waals surface area contributed by atoms with E-state index in [1.165, 1.54) is 5.56 Å². The zero-order chi connectivity index (χ0) is 21.5. The Morgan fingerprint density at radius 3 is 2.63 bits per heavy atom. The fourth-order valence-electron chi connectivity index (χ4n) is 3.01. The number of hydrogen-bond donors (Lipinski definition) is 1. The van der Waals surface area contributed by atoms with Crippen molar-refractivity contribution in [2.45, 2.75) is 33.7 Å². The fourth-order valence-corrected chi connectivity index (χ4v) is 3.21. The summed E-state index contributed by atoms with van der Waals surface area (Å²) in [4.78, 5) is 12.0. The lowest BCUT2D eigenvalue weighted by atomic mass is 10.2. The summed E-state index contributed by atoms with van der Waals surface area (Å²) in [6.07, 6.45) is 2.57. The molecule has 3 aromatic rings. The topological polar surface area (TPSA) is 68.5 Å². The molecule has 0 spiro atoms. The molecular weight excluding hydrogens is 400 g/mol. The first-order valence-electron chi connectivity index (χ1n) is 9.79. The van der Waals surface area contributed by atoms with Gasteiger partial charge in [-0.3, -0.25) is 9.48 Å². The van der Waals surface area contributed by atoms with Crippen molar-refractivity contribution in [2.75, 3.05) is 6.61 Å². The molecule has 0 aliphatic rings. The Labute approximate surface area is 181 Å². The van der Waals surface area contributed by atoms with Crippen LogP contribution in [0.25, 0.3) is 0 Å². The quantitative estimate of drug-likeness (QED) is 0.433. The fraction of sp³-hybridized carbons (Fsp3) is 0.261. The Balaban J connectivity index is 1.57. The third-order valence-electron chi connectivity index (χ3n) is 4.80. The first-order chi connectivity index (χ1) is 14.5. The maximum Gasteiger partial charge on any atom is 0.277 e. The first kappa shape index (κ1) is 21.6. The van der Waals surface area contributed by atoms with Crippen LogP contribution in [0.1, 0.15) is 35.0 Å². The number of ether oxygens (including phenoxy) is 1. The summed E-state index contributed by atoms with van der Waals surface area (Å²) >= 11 is 6.25. The third-order valence-corrected chi connectivity index (χ3v) is 5.17. The molecule has 156 valence electrons. The van der Waals surface area contributed by atoms with Gasteiger partial charge in [0.25, 0.3) is 5.91 Å². The van der Waals surface area contributed by atoms with Crippen molar-refractivity contribution in [3.8, 4) is 5.75 Å². The molecule has 2 aromatic carbocycles. The van der Waals surface area contributed by atoms with E-state index in [-0.39, 0.29) is 12.5 Å². The molecule has 0 aliphatic heterocycles. The summed E-state index contributed by atoms with van der Waals surface area (Å²) in [6.45, 7) is 6.42. The SMILES string of the molecule is CCc1ccc(OCC(=O)N/N=C\c2c(C)nn(Cc3ccccc3Cl)c2C)cc1. The standard InChI is InChI=1S/C23H25ClN4O2/c1-4-18-9-11-20(12-10-18)30-15-23(29)26-25-13-21-16(2)27-28(17(21)3)14-19-7-5-6-8-22(19)24/h5-13H,4,14-15H2,1-3H3,(H,26,29)/b25-13-. The first-order valence-corrected chi connectivity index (χ1v) is 10.2. The number of aryl methyl sites for hydroxylation is 2. The van der Waals surface area contributed by atoms with E-state index in [2.05, 4.69) is 22.5 Å². The van der Waals surface area contributed by atoms with Gasteiger partial charge in [-0.15, -0.1) is 0 Å². The molecule has 0 atom stereocenters. The van der Waals surface area contributed by atoms with E-state index >= 15 is 0 Å². The third kappa shape index (κ3) is 5.48. The second kappa shape index (κ2) is 10.1. The highest BCUT2D eigenvalue weighted by Gasteiger charge is 2.11. The van der Waals surface area contributed by atoms with Crippen LogP contribution in [0, 0.1) is 13.8 Å². The number of benzene rings is 2. The van der Waals surface area contributed by atoms with Crippen LogP contribution < -0.4 is 10.2 Å². The minimum atomic E-state index is -0.329. The minimum Gasteiger partial charge on any atom is -0.484 e. The van der Waals surface area contributed by atoms with Gasteiger partial charge in [-0.25, -0.2) is 5.43 Å². The lowest BCUT2D eigenvalue weighted by Gasteiger charge is -2.07. The molecule has 1 amide bonds. The molecule has 0 bridgehead atoms. The number of aromatic nitrogens is 2. The van der Waals surface area contributed by atoms with Gasteiger partial charge in [0.05, 0.1) is 18.5 Å².